The van der Waals surface area contributed by atoms with Crippen LogP contribution in [0.1, 0.15) is 12.0 Å². The van der Waals surface area contributed by atoms with Crippen molar-refractivity contribution < 1.29 is 19.9 Å². The Morgan fingerprint density at radius 1 is 1.32 bits per heavy atom. The fourth-order valence-electron chi connectivity index (χ4n) is 3.04. The number of aliphatic hydroxyl groups is 1. The number of non-ortho nitro benzene ring substituents is 1. The average Bonchev–Trinajstić information content (AvgIpc) is 2.89. The van der Waals surface area contributed by atoms with Crippen molar-refractivity contribution in [1.29, 1.82) is 0 Å². The second-order valence-corrected chi connectivity index (χ2v) is 5.87. The van der Waals surface area contributed by atoms with E-state index < -0.39 is 34.2 Å². The maximum Gasteiger partial charge on any atom is 0.321 e. The third-order valence-electron chi connectivity index (χ3n) is 4.15. The summed E-state index contributed by atoms with van der Waals surface area (Å²) in [6.45, 7) is 0.0307. The number of carboxylic acids is 1. The molecule has 132 valence electrons. The van der Waals surface area contributed by atoms with E-state index in [1.54, 1.807) is 0 Å². The minimum absolute atomic E-state index is 0.0372. The molecule has 0 aliphatic carbocycles. The molecule has 1 aliphatic rings. The van der Waals surface area contributed by atoms with Crippen molar-refractivity contribution in [2.75, 3.05) is 6.54 Å². The molecule has 1 aromatic carbocycles. The molecule has 0 spiro atoms. The molecule has 2 heterocycles. The van der Waals surface area contributed by atoms with Crippen LogP contribution in [0.4, 0.5) is 5.69 Å². The summed E-state index contributed by atoms with van der Waals surface area (Å²) in [7, 11) is 0. The molecule has 0 unspecified atom stereocenters. The first-order valence-electron chi connectivity index (χ1n) is 7.35. The molecule has 2 atom stereocenters. The first-order valence-corrected chi connectivity index (χ1v) is 7.35. The highest BCUT2D eigenvalue weighted by Crippen LogP contribution is 2.26. The quantitative estimate of drug-likeness (QED) is 0.314. The molecule has 1 aromatic heterocycles. The number of rotatable bonds is 4. The van der Waals surface area contributed by atoms with Crippen molar-refractivity contribution >= 4 is 22.7 Å². The molecule has 1 fully saturated rings. The molecule has 2 aromatic rings. The number of hydrogen-bond donors (Lipinski definition) is 4. The van der Waals surface area contributed by atoms with Crippen molar-refractivity contribution in [3.8, 4) is 0 Å². The number of nitrogens with zero attached hydrogens (tertiary/aromatic N) is 2. The lowest BCUT2D eigenvalue weighted by Gasteiger charge is -2.21. The summed E-state index contributed by atoms with van der Waals surface area (Å²) in [4.78, 5) is 50.9. The van der Waals surface area contributed by atoms with Crippen LogP contribution < -0.4 is 11.1 Å². The van der Waals surface area contributed by atoms with E-state index >= 15 is 0 Å². The fourth-order valence-corrected chi connectivity index (χ4v) is 3.04. The Labute approximate surface area is 138 Å². The minimum atomic E-state index is -1.12. The van der Waals surface area contributed by atoms with Gasteiger partial charge in [0.25, 0.3) is 5.69 Å². The zero-order valence-corrected chi connectivity index (χ0v) is 12.8. The van der Waals surface area contributed by atoms with E-state index in [0.717, 1.165) is 6.07 Å². The average molecular weight is 350 g/mol. The summed E-state index contributed by atoms with van der Waals surface area (Å²) < 4.78 is 0. The van der Waals surface area contributed by atoms with Gasteiger partial charge in [0.05, 0.1) is 22.1 Å². The maximum atomic E-state index is 11.6. The van der Waals surface area contributed by atoms with E-state index in [2.05, 4.69) is 9.97 Å². The number of nitro benzene ring substituents is 1. The van der Waals surface area contributed by atoms with E-state index in [1.165, 1.54) is 11.0 Å². The smallest absolute Gasteiger partial charge is 0.321 e. The van der Waals surface area contributed by atoms with Crippen molar-refractivity contribution in [2.24, 2.45) is 0 Å². The highest BCUT2D eigenvalue weighted by molar-refractivity contribution is 5.80. The van der Waals surface area contributed by atoms with Gasteiger partial charge in [0.2, 0.25) is 0 Å². The Morgan fingerprint density at radius 3 is 2.64 bits per heavy atom. The molecule has 0 radical (unpaired) electrons. The number of aromatic amines is 2. The van der Waals surface area contributed by atoms with Gasteiger partial charge in [-0.05, 0) is 5.56 Å². The molecule has 0 bridgehead atoms. The third-order valence-corrected chi connectivity index (χ3v) is 4.15. The molecule has 25 heavy (non-hydrogen) atoms. The fraction of sp³-hybridized carbons (Fsp3) is 0.357. The number of H-pyrrole nitrogens is 2. The van der Waals surface area contributed by atoms with Crippen LogP contribution in [0.5, 0.6) is 0 Å². The predicted molar refractivity (Wildman–Crippen MR) is 84.3 cm³/mol. The summed E-state index contributed by atoms with van der Waals surface area (Å²) in [5, 5.41) is 30.1. The van der Waals surface area contributed by atoms with Crippen LogP contribution in [-0.4, -0.2) is 54.7 Å². The lowest BCUT2D eigenvalue weighted by molar-refractivity contribution is -0.384. The Hall–Kier alpha value is -3.05. The van der Waals surface area contributed by atoms with E-state index in [1.807, 2.05) is 0 Å². The van der Waals surface area contributed by atoms with Gasteiger partial charge in [0.15, 0.2) is 0 Å². The van der Waals surface area contributed by atoms with E-state index in [-0.39, 0.29) is 41.8 Å². The van der Waals surface area contributed by atoms with Crippen LogP contribution in [-0.2, 0) is 11.3 Å². The van der Waals surface area contributed by atoms with Crippen LogP contribution in [0, 0.1) is 10.1 Å². The van der Waals surface area contributed by atoms with Gasteiger partial charge >= 0.3 is 17.1 Å². The number of fused-ring (bicyclic) bond motifs is 1. The van der Waals surface area contributed by atoms with Crippen molar-refractivity contribution in [2.45, 2.75) is 25.1 Å². The van der Waals surface area contributed by atoms with Crippen LogP contribution in [0.2, 0.25) is 0 Å². The lowest BCUT2D eigenvalue weighted by Crippen LogP contribution is -2.36. The van der Waals surface area contributed by atoms with Crippen LogP contribution in [0.15, 0.2) is 21.7 Å². The first kappa shape index (κ1) is 16.8. The van der Waals surface area contributed by atoms with Gasteiger partial charge in [0, 0.05) is 31.6 Å². The largest absolute Gasteiger partial charge is 0.480 e. The first-order chi connectivity index (χ1) is 11.8. The number of benzene rings is 1. The predicted octanol–water partition coefficient (Wildman–Crippen LogP) is -0.856. The maximum absolute atomic E-state index is 11.6. The number of aliphatic hydroxyl groups excluding tert-OH is 1. The molecule has 1 saturated heterocycles. The zero-order valence-electron chi connectivity index (χ0n) is 12.8. The molecule has 0 saturated carbocycles. The number of nitro groups is 1. The van der Waals surface area contributed by atoms with Crippen molar-refractivity contribution in [3.63, 3.8) is 0 Å². The SMILES string of the molecule is O=C(O)[C@@H]1C[C@@H](O)CN1Cc1cc([N+](=O)[O-])cc2[nH]c(=O)c(=O)[nH]c12. The van der Waals surface area contributed by atoms with E-state index in [9.17, 15) is 34.7 Å². The topological polar surface area (TPSA) is 170 Å². The molecule has 11 heteroatoms. The van der Waals surface area contributed by atoms with Crippen molar-refractivity contribution in [1.82, 2.24) is 14.9 Å². The van der Waals surface area contributed by atoms with Crippen LogP contribution in [0.3, 0.4) is 0 Å². The van der Waals surface area contributed by atoms with Gasteiger partial charge in [0.1, 0.15) is 6.04 Å². The monoisotopic (exact) mass is 350 g/mol. The normalized spacial score (nSPS) is 20.8. The highest BCUT2D eigenvalue weighted by atomic mass is 16.6. The summed E-state index contributed by atoms with van der Waals surface area (Å²) in [6, 6.07) is 1.38. The summed E-state index contributed by atoms with van der Waals surface area (Å²) in [5.74, 6) is -1.12. The Bertz CT molecular complexity index is 979. The molecular weight excluding hydrogens is 336 g/mol. The second-order valence-electron chi connectivity index (χ2n) is 5.87. The number of β-amino-alcohol motifs (C(OH)–C–C–N with tert-alkyl or cyclic N) is 1. The Balaban J connectivity index is 2.12. The van der Waals surface area contributed by atoms with Crippen LogP contribution in [0.25, 0.3) is 11.0 Å². The van der Waals surface area contributed by atoms with Gasteiger partial charge in [-0.2, -0.15) is 0 Å². The summed E-state index contributed by atoms with van der Waals surface area (Å²) in [5.41, 5.74) is -1.64. The third kappa shape index (κ3) is 3.14. The van der Waals surface area contributed by atoms with Gasteiger partial charge in [-0.25, -0.2) is 0 Å². The van der Waals surface area contributed by atoms with Gasteiger partial charge in [-0.15, -0.1) is 0 Å². The second kappa shape index (κ2) is 6.11. The molecule has 1 aliphatic heterocycles. The Morgan fingerprint density at radius 2 is 2.00 bits per heavy atom. The number of hydrogen-bond acceptors (Lipinski definition) is 7. The standard InChI is InChI=1S/C14H14N4O7/c19-8-3-10(14(22)23)17(5-8)4-6-1-7(18(24)25)2-9-11(6)16-13(21)12(20)15-9/h1-2,8,10,19H,3-5H2,(H,15,20)(H,16,21)(H,22,23)/t8-,10+/m1/s1. The highest BCUT2D eigenvalue weighted by Gasteiger charge is 2.36. The van der Waals surface area contributed by atoms with Gasteiger partial charge in [-0.3, -0.25) is 29.4 Å². The molecule has 4 N–H and O–H groups in total. The summed E-state index contributed by atoms with van der Waals surface area (Å²) in [6.07, 6.45) is -0.792. The van der Waals surface area contributed by atoms with Crippen LogP contribution >= 0.6 is 0 Å². The van der Waals surface area contributed by atoms with E-state index in [0.29, 0.717) is 0 Å². The van der Waals surface area contributed by atoms with Gasteiger partial charge in [-0.1, -0.05) is 0 Å². The lowest BCUT2D eigenvalue weighted by atomic mass is 10.1. The number of likely N-dealkylation sites (tertiary alicyclic amines) is 1. The molecule has 0 amide bonds. The zero-order chi connectivity index (χ0) is 18.3. The van der Waals surface area contributed by atoms with Crippen molar-refractivity contribution in [3.05, 3.63) is 48.5 Å². The number of carbonyl (C=O) groups is 1. The Kier molecular flexibility index (Phi) is 4.10. The summed E-state index contributed by atoms with van der Waals surface area (Å²) >= 11 is 0. The van der Waals surface area contributed by atoms with Gasteiger partial charge < -0.3 is 20.2 Å². The minimum Gasteiger partial charge on any atom is -0.480 e. The number of carboxylic acid groups (broad SMARTS) is 1. The number of nitrogens with one attached hydrogen (secondary N) is 2. The van der Waals surface area contributed by atoms with E-state index in [4.69, 9.17) is 0 Å². The molecule has 3 rings (SSSR count). The number of aromatic nitrogens is 2. The molecule has 11 nitrogen and oxygen atoms in total. The number of aliphatic carboxylic acids is 1. The molecular formula is C14H14N4O7.